The molecule has 2 saturated heterocycles. The quantitative estimate of drug-likeness (QED) is 0.0952. The molecule has 4 aliphatic carbocycles. The number of alkyl halides is 1. The Kier molecular flexibility index (Phi) is 18.6. The highest BCUT2D eigenvalue weighted by Crippen LogP contribution is 2.68. The average Bonchev–Trinajstić information content (AvgIpc) is 3.52. The molecule has 17 nitrogen and oxygen atoms in total. The van der Waals surface area contributed by atoms with E-state index < -0.39 is 130 Å². The Morgan fingerprint density at radius 1 is 0.946 bits per heavy atom. The van der Waals surface area contributed by atoms with Gasteiger partial charge in [0, 0.05) is 41.7 Å². The van der Waals surface area contributed by atoms with E-state index >= 15 is 4.39 Å². The smallest absolute Gasteiger partial charge is 0.338 e. The van der Waals surface area contributed by atoms with E-state index in [1.807, 2.05) is 44.7 Å². The molecule has 6 aliphatic rings. The highest BCUT2D eigenvalue weighted by Gasteiger charge is 2.72. The minimum absolute atomic E-state index is 0.0726. The normalized spacial score (nSPS) is 47.6. The summed E-state index contributed by atoms with van der Waals surface area (Å²) in [4.78, 5) is 57.7. The molecule has 6 N–H and O–H groups in total. The molecule has 0 aromatic carbocycles. The third-order valence-electron chi connectivity index (χ3n) is 19.1. The lowest BCUT2D eigenvalue weighted by atomic mass is 9.46. The van der Waals surface area contributed by atoms with E-state index in [-0.39, 0.29) is 81.2 Å². The zero-order valence-corrected chi connectivity index (χ0v) is 46.5. The number of carbonyl (C=O) groups excluding carboxylic acids is 4. The Bertz CT molecular complexity index is 2090. The maximum atomic E-state index is 15.9. The summed E-state index contributed by atoms with van der Waals surface area (Å²) in [6, 6.07) is -0.996. The Balaban J connectivity index is 1.13. The molecule has 0 aromatic heterocycles. The van der Waals surface area contributed by atoms with Crippen LogP contribution < -0.4 is 0 Å². The van der Waals surface area contributed by atoms with Crippen molar-refractivity contribution in [1.82, 2.24) is 9.80 Å². The number of hydrogen-bond acceptors (Lipinski definition) is 17. The molecule has 422 valence electrons. The summed E-state index contributed by atoms with van der Waals surface area (Å²) in [6.07, 6.45) is -3.82. The number of fused-ring (bicyclic) bond motifs is 5. The third-order valence-corrected chi connectivity index (χ3v) is 19.1. The van der Waals surface area contributed by atoms with Gasteiger partial charge in [-0.25, -0.2) is 9.18 Å². The van der Waals surface area contributed by atoms with Crippen LogP contribution in [0.25, 0.3) is 0 Å². The maximum Gasteiger partial charge on any atom is 0.338 e. The monoisotopic (exact) mass is 1050 g/mol. The van der Waals surface area contributed by atoms with Gasteiger partial charge >= 0.3 is 17.9 Å². The largest absolute Gasteiger partial charge is 0.464 e. The van der Waals surface area contributed by atoms with Gasteiger partial charge in [0.2, 0.25) is 0 Å². The molecule has 5 fully saturated rings. The summed E-state index contributed by atoms with van der Waals surface area (Å²) < 4.78 is 47.0. The maximum absolute atomic E-state index is 15.9. The van der Waals surface area contributed by atoms with Crippen LogP contribution in [0, 0.1) is 52.3 Å². The molecule has 6 rings (SSSR count). The van der Waals surface area contributed by atoms with Crippen LogP contribution >= 0.6 is 0 Å². The predicted molar refractivity (Wildman–Crippen MR) is 271 cm³/mol. The first-order chi connectivity index (χ1) is 34.3. The molecule has 23 atom stereocenters. The SMILES string of the molecule is CC[C@H]1OC(=O)[C@H](C)[C@@H](O)[C@H](C)C(O[C@@H]2O[C@H](C)C[C@@H](N(C)C)[C@H]2OC(=O)CCCCOC(=O)[C@@]2(O)[C@H](C)CC3C4C[C@H](F)C5=CC(=O)C=C[C@]5(C)C4[C@@H](O)C[C@@]32C)[C@](C)(O)C[C@@H](C)CN(C)[C@H](C)[C@@H](O)[C@]1(C)O. The van der Waals surface area contributed by atoms with Crippen molar-refractivity contribution >= 4 is 23.7 Å². The molecule has 0 bridgehead atoms. The number of esters is 3. The van der Waals surface area contributed by atoms with Gasteiger partial charge in [0.25, 0.3) is 0 Å². The molecule has 3 saturated carbocycles. The zero-order valence-electron chi connectivity index (χ0n) is 46.5. The molecule has 74 heavy (non-hydrogen) atoms. The fourth-order valence-electron chi connectivity index (χ4n) is 14.8. The van der Waals surface area contributed by atoms with E-state index in [0.717, 1.165) is 0 Å². The number of aliphatic hydroxyl groups excluding tert-OH is 3. The van der Waals surface area contributed by atoms with Crippen LogP contribution in [0.3, 0.4) is 0 Å². The highest BCUT2D eigenvalue weighted by molar-refractivity contribution is 6.01. The fraction of sp³-hybridized carbons (Fsp3) is 0.857. The first-order valence-corrected chi connectivity index (χ1v) is 27.3. The Morgan fingerprint density at radius 3 is 2.24 bits per heavy atom. The first-order valence-electron chi connectivity index (χ1n) is 27.3. The van der Waals surface area contributed by atoms with Crippen LogP contribution in [-0.2, 0) is 42.9 Å². The van der Waals surface area contributed by atoms with Crippen LogP contribution in [0.1, 0.15) is 134 Å². The summed E-state index contributed by atoms with van der Waals surface area (Å²) in [7, 11) is 5.49. The van der Waals surface area contributed by atoms with Crippen molar-refractivity contribution in [1.29, 1.82) is 0 Å². The number of ether oxygens (including phenoxy) is 5. The van der Waals surface area contributed by atoms with Crippen molar-refractivity contribution in [3.8, 4) is 0 Å². The number of carbonyl (C=O) groups is 4. The van der Waals surface area contributed by atoms with E-state index in [9.17, 15) is 49.8 Å². The Labute approximate surface area is 438 Å². The lowest BCUT2D eigenvalue weighted by molar-refractivity contribution is -0.301. The van der Waals surface area contributed by atoms with Crippen LogP contribution in [0.15, 0.2) is 23.8 Å². The van der Waals surface area contributed by atoms with Gasteiger partial charge in [0.15, 0.2) is 23.8 Å². The molecule has 0 spiro atoms. The molecule has 2 heterocycles. The van der Waals surface area contributed by atoms with E-state index in [0.29, 0.717) is 25.0 Å². The summed E-state index contributed by atoms with van der Waals surface area (Å²) >= 11 is 0. The number of cyclic esters (lactones) is 1. The topological polar surface area (TPSA) is 242 Å². The summed E-state index contributed by atoms with van der Waals surface area (Å²) in [5.41, 5.74) is -7.12. The van der Waals surface area contributed by atoms with Gasteiger partial charge in [-0.05, 0) is 149 Å². The minimum atomic E-state index is -1.97. The number of ketones is 1. The molecule has 2 aliphatic heterocycles. The van der Waals surface area contributed by atoms with E-state index in [2.05, 4.69) is 0 Å². The average molecular weight is 1050 g/mol. The number of unbranched alkanes of at least 4 members (excludes halogenated alkanes) is 1. The molecule has 0 aromatic rings. The van der Waals surface area contributed by atoms with E-state index in [1.165, 1.54) is 26.0 Å². The second-order valence-corrected chi connectivity index (χ2v) is 24.9. The minimum Gasteiger partial charge on any atom is -0.464 e. The van der Waals surface area contributed by atoms with Crippen molar-refractivity contribution in [2.24, 2.45) is 52.3 Å². The fourth-order valence-corrected chi connectivity index (χ4v) is 14.8. The van der Waals surface area contributed by atoms with Crippen molar-refractivity contribution in [3.05, 3.63) is 23.8 Å². The molecule has 0 radical (unpaired) electrons. The second-order valence-electron chi connectivity index (χ2n) is 24.9. The van der Waals surface area contributed by atoms with Crippen LogP contribution in [-0.4, -0.2) is 183 Å². The van der Waals surface area contributed by atoms with Crippen molar-refractivity contribution in [2.75, 3.05) is 34.3 Å². The van der Waals surface area contributed by atoms with Gasteiger partial charge in [-0.3, -0.25) is 14.4 Å². The summed E-state index contributed by atoms with van der Waals surface area (Å²) in [6.45, 7) is 19.2. The van der Waals surface area contributed by atoms with Gasteiger partial charge in [-0.15, -0.1) is 0 Å². The number of likely N-dealkylation sites (N-methyl/N-ethyl adjacent to an activating group) is 2. The van der Waals surface area contributed by atoms with Crippen LogP contribution in [0.2, 0.25) is 0 Å². The first kappa shape index (κ1) is 60.3. The van der Waals surface area contributed by atoms with Gasteiger partial charge in [0.1, 0.15) is 24.0 Å². The van der Waals surface area contributed by atoms with Crippen molar-refractivity contribution in [3.63, 3.8) is 0 Å². The van der Waals surface area contributed by atoms with Gasteiger partial charge in [0.05, 0.1) is 48.6 Å². The van der Waals surface area contributed by atoms with Gasteiger partial charge < -0.3 is 64.1 Å². The predicted octanol–water partition coefficient (Wildman–Crippen LogP) is 4.44. The summed E-state index contributed by atoms with van der Waals surface area (Å²) in [5, 5.41) is 71.6. The zero-order chi connectivity index (χ0) is 55.4. The third kappa shape index (κ3) is 11.3. The van der Waals surface area contributed by atoms with E-state index in [1.54, 1.807) is 54.7 Å². The number of allylic oxidation sites excluding steroid dienone is 4. The molecule has 18 heteroatoms. The summed E-state index contributed by atoms with van der Waals surface area (Å²) in [5.74, 6) is -6.46. The Morgan fingerprint density at radius 2 is 1.61 bits per heavy atom. The number of rotatable bonds is 11. The van der Waals surface area contributed by atoms with Crippen LogP contribution in [0.5, 0.6) is 0 Å². The van der Waals surface area contributed by atoms with E-state index in [4.69, 9.17) is 23.7 Å². The van der Waals surface area contributed by atoms with Crippen molar-refractivity contribution < 1.29 is 77.9 Å². The lowest BCUT2D eigenvalue weighted by Gasteiger charge is -2.59. The number of nitrogens with zero attached hydrogens (tertiary/aromatic N) is 2. The molecule has 0 amide bonds. The second kappa shape index (κ2) is 22.8. The van der Waals surface area contributed by atoms with Gasteiger partial charge in [-0.1, -0.05) is 47.6 Å². The van der Waals surface area contributed by atoms with Crippen LogP contribution in [0.4, 0.5) is 4.39 Å². The number of hydrogen-bond donors (Lipinski definition) is 6. The molecular formula is C56H91FN2O15. The van der Waals surface area contributed by atoms with Gasteiger partial charge in [-0.2, -0.15) is 0 Å². The van der Waals surface area contributed by atoms with Crippen molar-refractivity contribution in [2.45, 2.75) is 218 Å². The lowest BCUT2D eigenvalue weighted by Crippen LogP contribution is -2.63. The highest BCUT2D eigenvalue weighted by atomic mass is 19.1. The number of halogens is 1. The molecule has 4 unspecified atom stereocenters. The number of aliphatic hydroxyl groups is 6. The Hall–Kier alpha value is -2.91. The standard InChI is InChI=1S/C56H91FN2O15/c1-15-42-55(11,68)47(64)34(7)59(14)28-29(2)26-54(10,67)48(32(5)45(63)33(6)49(65)72-42)74-50-46(40(58(12)13)23-31(4)71-50)73-43(62)18-16-17-21-70-51(66)56(69)30(3)22-37-36-25-39(57)38-24-35(60)19-20-52(38,8)44(36)41(61)27-53(37,56)9/h19-20,24,29-34,36-37,39-42,44-48,50,61,63-64,67-69H,15-18,21-23,25-28H2,1-14H3/t29-,30-,31-,32+,33-,34-,36?,37?,39+,40-,41+,42-,44?,45+,46-,47-,48?,50+,52+,53+,54-,55-,56+/m1/s1. The molecular weight excluding hydrogens is 960 g/mol.